The van der Waals surface area contributed by atoms with Crippen LogP contribution in [-0.4, -0.2) is 12.7 Å². The highest BCUT2D eigenvalue weighted by Gasteiger charge is 2.28. The van der Waals surface area contributed by atoms with Gasteiger partial charge in [-0.1, -0.05) is 26.0 Å². The van der Waals surface area contributed by atoms with Gasteiger partial charge in [0.1, 0.15) is 0 Å². The lowest BCUT2D eigenvalue weighted by molar-refractivity contribution is -0.0210. The standard InChI is InChI=1S/C10H17O/c1-8-5-6-11-9(7-8)10(2,3)4/h9H,1-2,5-7H2,3-4H3. The van der Waals surface area contributed by atoms with Crippen molar-refractivity contribution in [1.82, 2.24) is 0 Å². The molecule has 0 aromatic rings. The van der Waals surface area contributed by atoms with Crippen molar-refractivity contribution in [2.45, 2.75) is 32.8 Å². The van der Waals surface area contributed by atoms with Crippen molar-refractivity contribution in [2.75, 3.05) is 6.61 Å². The zero-order chi connectivity index (χ0) is 8.48. The number of hydrogen-bond donors (Lipinski definition) is 0. The minimum absolute atomic E-state index is 0.0172. The molecule has 0 spiro atoms. The summed E-state index contributed by atoms with van der Waals surface area (Å²) in [7, 11) is 0. The maximum Gasteiger partial charge on any atom is 0.0663 e. The summed E-state index contributed by atoms with van der Waals surface area (Å²) < 4.78 is 5.59. The molecule has 0 aromatic heterocycles. The van der Waals surface area contributed by atoms with E-state index in [9.17, 15) is 0 Å². The Kier molecular flexibility index (Phi) is 2.38. The summed E-state index contributed by atoms with van der Waals surface area (Å²) in [5.41, 5.74) is 1.32. The largest absolute Gasteiger partial charge is 0.377 e. The topological polar surface area (TPSA) is 9.23 Å². The summed E-state index contributed by atoms with van der Waals surface area (Å²) in [4.78, 5) is 0. The first kappa shape index (κ1) is 8.79. The van der Waals surface area contributed by atoms with Crippen molar-refractivity contribution >= 4 is 0 Å². The molecule has 1 atom stereocenters. The predicted molar refractivity (Wildman–Crippen MR) is 47.3 cm³/mol. The Morgan fingerprint density at radius 2 is 2.18 bits per heavy atom. The minimum Gasteiger partial charge on any atom is -0.377 e. The van der Waals surface area contributed by atoms with E-state index in [0.29, 0.717) is 0 Å². The molecule has 0 amide bonds. The van der Waals surface area contributed by atoms with Crippen molar-refractivity contribution in [1.29, 1.82) is 0 Å². The van der Waals surface area contributed by atoms with Crippen molar-refractivity contribution in [3.05, 3.63) is 19.1 Å². The lowest BCUT2D eigenvalue weighted by Crippen LogP contribution is -2.33. The number of rotatable bonds is 1. The normalized spacial score (nSPS) is 27.2. The highest BCUT2D eigenvalue weighted by Crippen LogP contribution is 2.30. The summed E-state index contributed by atoms with van der Waals surface area (Å²) in [5, 5.41) is 0. The second-order valence-corrected chi connectivity index (χ2v) is 4.05. The molecule has 0 aromatic carbocycles. The van der Waals surface area contributed by atoms with Crippen LogP contribution in [0.1, 0.15) is 26.7 Å². The van der Waals surface area contributed by atoms with Gasteiger partial charge in [0.15, 0.2) is 0 Å². The van der Waals surface area contributed by atoms with Gasteiger partial charge in [0.25, 0.3) is 0 Å². The maximum atomic E-state index is 5.59. The molecule has 1 heteroatoms. The maximum absolute atomic E-state index is 5.59. The van der Waals surface area contributed by atoms with E-state index >= 15 is 0 Å². The van der Waals surface area contributed by atoms with Crippen molar-refractivity contribution in [3.63, 3.8) is 0 Å². The van der Waals surface area contributed by atoms with Crippen LogP contribution in [0.25, 0.3) is 0 Å². The van der Waals surface area contributed by atoms with Gasteiger partial charge in [-0.3, -0.25) is 0 Å². The zero-order valence-electron chi connectivity index (χ0n) is 7.52. The number of hydrogen-bond acceptors (Lipinski definition) is 1. The fraction of sp³-hybridized carbons (Fsp3) is 0.700. The first-order valence-corrected chi connectivity index (χ1v) is 4.14. The van der Waals surface area contributed by atoms with Crippen LogP contribution < -0.4 is 0 Å². The molecule has 0 N–H and O–H groups in total. The Hall–Kier alpha value is -0.300. The molecule has 1 heterocycles. The molecule has 0 saturated carbocycles. The van der Waals surface area contributed by atoms with E-state index in [-0.39, 0.29) is 11.5 Å². The lowest BCUT2D eigenvalue weighted by atomic mass is 9.84. The molecule has 1 nitrogen and oxygen atoms in total. The number of ether oxygens (including phenoxy) is 1. The fourth-order valence-electron chi connectivity index (χ4n) is 1.27. The van der Waals surface area contributed by atoms with E-state index in [2.05, 4.69) is 27.4 Å². The first-order chi connectivity index (χ1) is 5.00. The van der Waals surface area contributed by atoms with Crippen molar-refractivity contribution in [3.8, 4) is 0 Å². The smallest absolute Gasteiger partial charge is 0.0663 e. The van der Waals surface area contributed by atoms with Gasteiger partial charge in [0, 0.05) is 0 Å². The molecular weight excluding hydrogens is 136 g/mol. The van der Waals surface area contributed by atoms with E-state index < -0.39 is 0 Å². The summed E-state index contributed by atoms with van der Waals surface area (Å²) in [6.07, 6.45) is 2.27. The predicted octanol–water partition coefficient (Wildman–Crippen LogP) is 2.58. The van der Waals surface area contributed by atoms with Crippen molar-refractivity contribution in [2.24, 2.45) is 5.41 Å². The van der Waals surface area contributed by atoms with Crippen LogP contribution in [0.4, 0.5) is 0 Å². The Morgan fingerprint density at radius 3 is 2.55 bits per heavy atom. The Morgan fingerprint density at radius 1 is 1.55 bits per heavy atom. The molecule has 1 aliphatic heterocycles. The highest BCUT2D eigenvalue weighted by molar-refractivity contribution is 5.02. The Labute approximate surface area is 69.4 Å². The van der Waals surface area contributed by atoms with Crippen LogP contribution in [0, 0.1) is 12.3 Å². The molecule has 1 unspecified atom stereocenters. The van der Waals surface area contributed by atoms with Crippen LogP contribution in [-0.2, 0) is 4.74 Å². The van der Waals surface area contributed by atoms with E-state index in [1.807, 2.05) is 0 Å². The van der Waals surface area contributed by atoms with Gasteiger partial charge in [0.05, 0.1) is 12.7 Å². The van der Waals surface area contributed by atoms with Crippen LogP contribution in [0.15, 0.2) is 12.2 Å². The quantitative estimate of drug-likeness (QED) is 0.526. The summed E-state index contributed by atoms with van der Waals surface area (Å²) >= 11 is 0. The Bertz CT molecular complexity index is 153. The molecule has 0 aliphatic carbocycles. The molecule has 1 rings (SSSR count). The van der Waals surface area contributed by atoms with Gasteiger partial charge in [-0.15, -0.1) is 0 Å². The van der Waals surface area contributed by atoms with Gasteiger partial charge in [0.2, 0.25) is 0 Å². The molecule has 1 fully saturated rings. The van der Waals surface area contributed by atoms with E-state index in [1.165, 1.54) is 5.57 Å². The second kappa shape index (κ2) is 2.98. The van der Waals surface area contributed by atoms with Gasteiger partial charge < -0.3 is 4.74 Å². The summed E-state index contributed by atoms with van der Waals surface area (Å²) in [6.45, 7) is 13.1. The molecular formula is C10H17O. The first-order valence-electron chi connectivity index (χ1n) is 4.14. The second-order valence-electron chi connectivity index (χ2n) is 4.05. The highest BCUT2D eigenvalue weighted by atomic mass is 16.5. The van der Waals surface area contributed by atoms with Gasteiger partial charge in [-0.25, -0.2) is 0 Å². The molecule has 63 valence electrons. The SMILES string of the molecule is [CH2]C(C)(C)C1CC(=C)CCO1. The van der Waals surface area contributed by atoms with Crippen molar-refractivity contribution < 1.29 is 4.74 Å². The van der Waals surface area contributed by atoms with E-state index in [0.717, 1.165) is 19.4 Å². The summed E-state index contributed by atoms with van der Waals surface area (Å²) in [5.74, 6) is 0. The van der Waals surface area contributed by atoms with Crippen LogP contribution in [0.3, 0.4) is 0 Å². The molecule has 1 aliphatic rings. The molecule has 11 heavy (non-hydrogen) atoms. The average Bonchev–Trinajstić information content (AvgIpc) is 1.86. The van der Waals surface area contributed by atoms with Crippen LogP contribution in [0.2, 0.25) is 0 Å². The molecule has 1 saturated heterocycles. The van der Waals surface area contributed by atoms with Gasteiger partial charge in [-0.2, -0.15) is 0 Å². The third kappa shape index (κ3) is 2.33. The monoisotopic (exact) mass is 153 g/mol. The summed E-state index contributed by atoms with van der Waals surface area (Å²) in [6, 6.07) is 0. The van der Waals surface area contributed by atoms with Crippen LogP contribution >= 0.6 is 0 Å². The molecule has 0 bridgehead atoms. The average molecular weight is 153 g/mol. The third-order valence-corrected chi connectivity index (χ3v) is 2.12. The fourth-order valence-corrected chi connectivity index (χ4v) is 1.27. The van der Waals surface area contributed by atoms with E-state index in [4.69, 9.17) is 4.74 Å². The third-order valence-electron chi connectivity index (χ3n) is 2.12. The molecule has 1 radical (unpaired) electrons. The van der Waals surface area contributed by atoms with Crippen LogP contribution in [0.5, 0.6) is 0 Å². The van der Waals surface area contributed by atoms with Gasteiger partial charge in [-0.05, 0) is 25.2 Å². The lowest BCUT2D eigenvalue weighted by Gasteiger charge is -2.34. The van der Waals surface area contributed by atoms with Gasteiger partial charge >= 0.3 is 0 Å². The van der Waals surface area contributed by atoms with E-state index in [1.54, 1.807) is 0 Å². The Balaban J connectivity index is 2.53. The zero-order valence-corrected chi connectivity index (χ0v) is 7.52. The minimum atomic E-state index is 0.0172.